The van der Waals surface area contributed by atoms with Crippen LogP contribution >= 0.6 is 0 Å². The summed E-state index contributed by atoms with van der Waals surface area (Å²) in [5.74, 6) is 0.976. The molecule has 0 spiro atoms. The minimum Gasteiger partial charge on any atom is -0.327 e. The zero-order chi connectivity index (χ0) is 9.54. The van der Waals surface area contributed by atoms with Gasteiger partial charge in [0.25, 0.3) is 0 Å². The summed E-state index contributed by atoms with van der Waals surface area (Å²) in [4.78, 5) is 7.64. The maximum absolute atomic E-state index is 4.40. The van der Waals surface area contributed by atoms with Crippen LogP contribution in [0.3, 0.4) is 0 Å². The standard InChI is InChI=1S/C10H14N4/c1-7-12-9-6-11-14(10(9)13-7)8-4-2-3-5-8/h6,8H,2-5H2,1H3,(H,12,13). The molecule has 0 saturated heterocycles. The van der Waals surface area contributed by atoms with Crippen molar-refractivity contribution < 1.29 is 0 Å². The third-order valence-corrected chi connectivity index (χ3v) is 3.03. The van der Waals surface area contributed by atoms with Crippen molar-refractivity contribution in [2.24, 2.45) is 0 Å². The van der Waals surface area contributed by atoms with Crippen molar-refractivity contribution in [1.82, 2.24) is 19.7 Å². The molecule has 1 N–H and O–H groups in total. The molecule has 0 bridgehead atoms. The van der Waals surface area contributed by atoms with Crippen molar-refractivity contribution in [2.45, 2.75) is 38.6 Å². The zero-order valence-corrected chi connectivity index (χ0v) is 8.32. The highest BCUT2D eigenvalue weighted by Gasteiger charge is 2.20. The maximum Gasteiger partial charge on any atom is 0.156 e. The van der Waals surface area contributed by atoms with Crippen LogP contribution in [-0.2, 0) is 0 Å². The summed E-state index contributed by atoms with van der Waals surface area (Å²) in [5, 5.41) is 4.40. The molecular formula is C10H14N4. The number of rotatable bonds is 1. The smallest absolute Gasteiger partial charge is 0.156 e. The molecule has 1 aliphatic carbocycles. The largest absolute Gasteiger partial charge is 0.327 e. The van der Waals surface area contributed by atoms with Crippen molar-refractivity contribution in [3.8, 4) is 0 Å². The molecule has 0 atom stereocenters. The minimum atomic E-state index is 0.590. The second-order valence-corrected chi connectivity index (χ2v) is 4.08. The second kappa shape index (κ2) is 2.83. The third-order valence-electron chi connectivity index (χ3n) is 3.03. The van der Waals surface area contributed by atoms with Crippen molar-refractivity contribution in [1.29, 1.82) is 0 Å². The number of fused-ring (bicyclic) bond motifs is 1. The van der Waals surface area contributed by atoms with E-state index in [0.29, 0.717) is 6.04 Å². The van der Waals surface area contributed by atoms with E-state index in [1.165, 1.54) is 25.7 Å². The van der Waals surface area contributed by atoms with Gasteiger partial charge in [0.05, 0.1) is 12.2 Å². The second-order valence-electron chi connectivity index (χ2n) is 4.08. The highest BCUT2D eigenvalue weighted by molar-refractivity contribution is 5.70. The van der Waals surface area contributed by atoms with Crippen molar-refractivity contribution in [2.75, 3.05) is 0 Å². The molecule has 1 saturated carbocycles. The van der Waals surface area contributed by atoms with E-state index in [0.717, 1.165) is 17.0 Å². The van der Waals surface area contributed by atoms with Gasteiger partial charge in [-0.2, -0.15) is 5.10 Å². The molecular weight excluding hydrogens is 176 g/mol. The molecule has 0 aliphatic heterocycles. The molecule has 3 rings (SSSR count). The Morgan fingerprint density at radius 1 is 1.43 bits per heavy atom. The summed E-state index contributed by atoms with van der Waals surface area (Å²) >= 11 is 0. The molecule has 4 heteroatoms. The van der Waals surface area contributed by atoms with Crippen LogP contribution in [0, 0.1) is 6.92 Å². The lowest BCUT2D eigenvalue weighted by molar-refractivity contribution is 0.478. The van der Waals surface area contributed by atoms with Crippen LogP contribution in [0.25, 0.3) is 11.2 Å². The number of H-pyrrole nitrogens is 1. The van der Waals surface area contributed by atoms with Gasteiger partial charge in [-0.25, -0.2) is 9.67 Å². The molecule has 4 nitrogen and oxygen atoms in total. The molecule has 14 heavy (non-hydrogen) atoms. The summed E-state index contributed by atoms with van der Waals surface area (Å²) in [6, 6.07) is 0.590. The average molecular weight is 190 g/mol. The molecule has 2 heterocycles. The first-order chi connectivity index (χ1) is 6.84. The lowest BCUT2D eigenvalue weighted by Crippen LogP contribution is -2.06. The maximum atomic E-state index is 4.40. The summed E-state index contributed by atoms with van der Waals surface area (Å²) in [6.07, 6.45) is 7.04. The van der Waals surface area contributed by atoms with E-state index in [2.05, 4.69) is 19.7 Å². The number of aromatic nitrogens is 4. The summed E-state index contributed by atoms with van der Waals surface area (Å²) in [5.41, 5.74) is 2.09. The molecule has 2 aromatic rings. The van der Waals surface area contributed by atoms with Gasteiger partial charge < -0.3 is 4.98 Å². The number of nitrogens with one attached hydrogen (secondary N) is 1. The fourth-order valence-electron chi connectivity index (χ4n) is 2.36. The van der Waals surface area contributed by atoms with Gasteiger partial charge in [0.2, 0.25) is 0 Å². The Morgan fingerprint density at radius 3 is 3.00 bits per heavy atom. The Balaban J connectivity index is 2.10. The van der Waals surface area contributed by atoms with E-state index in [1.807, 2.05) is 13.1 Å². The molecule has 0 unspecified atom stereocenters. The lowest BCUT2D eigenvalue weighted by atomic mass is 10.2. The Morgan fingerprint density at radius 2 is 2.21 bits per heavy atom. The first kappa shape index (κ1) is 8.03. The average Bonchev–Trinajstić information content (AvgIpc) is 2.77. The monoisotopic (exact) mass is 190 g/mol. The van der Waals surface area contributed by atoms with Crippen LogP contribution in [0.1, 0.15) is 37.5 Å². The van der Waals surface area contributed by atoms with Crippen molar-refractivity contribution in [3.63, 3.8) is 0 Å². The summed E-state index contributed by atoms with van der Waals surface area (Å²) in [6.45, 7) is 1.99. The number of imidazole rings is 1. The third kappa shape index (κ3) is 1.06. The van der Waals surface area contributed by atoms with Crippen LogP contribution in [0.5, 0.6) is 0 Å². The van der Waals surface area contributed by atoms with Crippen LogP contribution in [0.15, 0.2) is 6.20 Å². The first-order valence-electron chi connectivity index (χ1n) is 5.24. The Labute approximate surface area is 82.3 Å². The topological polar surface area (TPSA) is 46.5 Å². The Hall–Kier alpha value is -1.32. The molecule has 0 aromatic carbocycles. The molecule has 0 amide bonds. The van der Waals surface area contributed by atoms with Crippen molar-refractivity contribution in [3.05, 3.63) is 12.0 Å². The fourth-order valence-corrected chi connectivity index (χ4v) is 2.36. The summed E-state index contributed by atoms with van der Waals surface area (Å²) in [7, 11) is 0. The normalized spacial score (nSPS) is 18.4. The number of hydrogen-bond acceptors (Lipinski definition) is 2. The number of aryl methyl sites for hydroxylation is 1. The summed E-state index contributed by atoms with van der Waals surface area (Å²) < 4.78 is 2.11. The van der Waals surface area contributed by atoms with Gasteiger partial charge in [-0.1, -0.05) is 12.8 Å². The predicted molar refractivity (Wildman–Crippen MR) is 54.1 cm³/mol. The lowest BCUT2D eigenvalue weighted by Gasteiger charge is -2.09. The molecule has 0 radical (unpaired) electrons. The van der Waals surface area contributed by atoms with Gasteiger partial charge >= 0.3 is 0 Å². The fraction of sp³-hybridized carbons (Fsp3) is 0.600. The molecule has 1 aliphatic rings. The Bertz CT molecular complexity index is 448. The van der Waals surface area contributed by atoms with Crippen LogP contribution in [-0.4, -0.2) is 19.7 Å². The van der Waals surface area contributed by atoms with Crippen LogP contribution < -0.4 is 0 Å². The van der Waals surface area contributed by atoms with E-state index < -0.39 is 0 Å². The highest BCUT2D eigenvalue weighted by Crippen LogP contribution is 2.30. The van der Waals surface area contributed by atoms with E-state index in [-0.39, 0.29) is 0 Å². The van der Waals surface area contributed by atoms with Crippen LogP contribution in [0.2, 0.25) is 0 Å². The van der Waals surface area contributed by atoms with E-state index in [4.69, 9.17) is 0 Å². The van der Waals surface area contributed by atoms with Gasteiger partial charge in [0.15, 0.2) is 5.65 Å². The predicted octanol–water partition coefficient (Wildman–Crippen LogP) is 2.18. The SMILES string of the molecule is Cc1nc2cnn(C3CCCC3)c2[nH]1. The zero-order valence-electron chi connectivity index (χ0n) is 8.32. The van der Waals surface area contributed by atoms with E-state index in [9.17, 15) is 0 Å². The van der Waals surface area contributed by atoms with Crippen molar-refractivity contribution >= 4 is 11.2 Å². The van der Waals surface area contributed by atoms with Crippen LogP contribution in [0.4, 0.5) is 0 Å². The molecule has 1 fully saturated rings. The van der Waals surface area contributed by atoms with Gasteiger partial charge in [-0.05, 0) is 19.8 Å². The first-order valence-corrected chi connectivity index (χ1v) is 5.24. The van der Waals surface area contributed by atoms with Gasteiger partial charge in [0, 0.05) is 0 Å². The molecule has 2 aromatic heterocycles. The van der Waals surface area contributed by atoms with Gasteiger partial charge in [-0.15, -0.1) is 0 Å². The van der Waals surface area contributed by atoms with E-state index in [1.54, 1.807) is 0 Å². The van der Waals surface area contributed by atoms with Gasteiger partial charge in [0.1, 0.15) is 11.3 Å². The Kier molecular flexibility index (Phi) is 1.63. The van der Waals surface area contributed by atoms with E-state index >= 15 is 0 Å². The number of aromatic amines is 1. The van der Waals surface area contributed by atoms with Gasteiger partial charge in [-0.3, -0.25) is 0 Å². The molecule has 74 valence electrons. The minimum absolute atomic E-state index is 0.590. The quantitative estimate of drug-likeness (QED) is 0.749. The highest BCUT2D eigenvalue weighted by atomic mass is 15.3. The number of hydrogen-bond donors (Lipinski definition) is 1. The number of nitrogens with zero attached hydrogens (tertiary/aromatic N) is 3.